The molecule has 1 aromatic carbocycles. The predicted molar refractivity (Wildman–Crippen MR) is 76.8 cm³/mol. The van der Waals surface area contributed by atoms with E-state index in [4.69, 9.17) is 33.2 Å². The van der Waals surface area contributed by atoms with Gasteiger partial charge in [0.1, 0.15) is 16.3 Å². The fourth-order valence-corrected chi connectivity index (χ4v) is 2.29. The van der Waals surface area contributed by atoms with Gasteiger partial charge in [-0.05, 0) is 37.8 Å². The first-order chi connectivity index (χ1) is 9.46. The first-order valence-corrected chi connectivity index (χ1v) is 7.01. The molecule has 2 rings (SSSR count). The van der Waals surface area contributed by atoms with Crippen molar-refractivity contribution in [3.63, 3.8) is 0 Å². The molecule has 20 heavy (non-hydrogen) atoms. The van der Waals surface area contributed by atoms with Gasteiger partial charge in [0, 0.05) is 0 Å². The second-order valence-electron chi connectivity index (χ2n) is 4.98. The molecule has 0 radical (unpaired) electrons. The zero-order chi connectivity index (χ0) is 14.8. The van der Waals surface area contributed by atoms with Crippen molar-refractivity contribution in [3.05, 3.63) is 28.2 Å². The third-order valence-corrected chi connectivity index (χ3v) is 4.10. The molecule has 6 heteroatoms. The molecule has 1 aliphatic rings. The number of rotatable bonds is 5. The van der Waals surface area contributed by atoms with Crippen LogP contribution in [0.3, 0.4) is 0 Å². The minimum absolute atomic E-state index is 0.204. The van der Waals surface area contributed by atoms with Gasteiger partial charge in [-0.15, -0.1) is 0 Å². The van der Waals surface area contributed by atoms with Crippen LogP contribution in [-0.2, 0) is 4.79 Å². The Morgan fingerprint density at radius 1 is 1.55 bits per heavy atom. The van der Waals surface area contributed by atoms with Crippen molar-refractivity contribution >= 4 is 29.1 Å². The quantitative estimate of drug-likeness (QED) is 0.908. The average molecular weight is 313 g/mol. The van der Waals surface area contributed by atoms with E-state index < -0.39 is 5.54 Å². The highest BCUT2D eigenvalue weighted by Gasteiger charge is 2.43. The van der Waals surface area contributed by atoms with E-state index in [9.17, 15) is 4.79 Å². The van der Waals surface area contributed by atoms with Gasteiger partial charge in [0.15, 0.2) is 6.61 Å². The third-order valence-electron chi connectivity index (χ3n) is 3.30. The highest BCUT2D eigenvalue weighted by molar-refractivity contribution is 6.42. The summed E-state index contributed by atoms with van der Waals surface area (Å²) < 4.78 is 5.33. The van der Waals surface area contributed by atoms with E-state index in [0.717, 1.165) is 12.8 Å². The van der Waals surface area contributed by atoms with Crippen LogP contribution in [0.5, 0.6) is 5.75 Å². The SMILES string of the molecule is C[C@@](C#N)(NC(=O)COc1cccc(Cl)c1Cl)C1CC1. The van der Waals surface area contributed by atoms with E-state index >= 15 is 0 Å². The van der Waals surface area contributed by atoms with Crippen LogP contribution >= 0.6 is 23.2 Å². The van der Waals surface area contributed by atoms with Gasteiger partial charge in [-0.3, -0.25) is 4.79 Å². The number of carbonyl (C=O) groups excluding carboxylic acids is 1. The summed E-state index contributed by atoms with van der Waals surface area (Å²) in [5, 5.41) is 12.5. The molecule has 1 atom stereocenters. The Bertz CT molecular complexity index is 567. The Hall–Kier alpha value is -1.44. The van der Waals surface area contributed by atoms with Crippen LogP contribution in [0.2, 0.25) is 10.0 Å². The number of nitrogens with one attached hydrogen (secondary N) is 1. The molecule has 0 aliphatic heterocycles. The molecule has 0 saturated heterocycles. The third kappa shape index (κ3) is 3.36. The molecule has 0 aromatic heterocycles. The van der Waals surface area contributed by atoms with E-state index in [1.54, 1.807) is 25.1 Å². The van der Waals surface area contributed by atoms with Crippen molar-refractivity contribution in [1.82, 2.24) is 5.32 Å². The highest BCUT2D eigenvalue weighted by Crippen LogP contribution is 2.39. The van der Waals surface area contributed by atoms with Gasteiger partial charge < -0.3 is 10.1 Å². The summed E-state index contributed by atoms with van der Waals surface area (Å²) >= 11 is 11.8. The number of amides is 1. The number of hydrogen-bond acceptors (Lipinski definition) is 3. The van der Waals surface area contributed by atoms with E-state index in [1.807, 2.05) is 0 Å². The number of ether oxygens (including phenoxy) is 1. The smallest absolute Gasteiger partial charge is 0.259 e. The molecule has 1 amide bonds. The fraction of sp³-hybridized carbons (Fsp3) is 0.429. The summed E-state index contributed by atoms with van der Waals surface area (Å²) in [6, 6.07) is 7.11. The molecule has 106 valence electrons. The number of carbonyl (C=O) groups is 1. The molecular formula is C14H14Cl2N2O2. The lowest BCUT2D eigenvalue weighted by atomic mass is 9.98. The molecule has 1 fully saturated rings. The maximum absolute atomic E-state index is 11.9. The molecule has 0 heterocycles. The number of benzene rings is 1. The van der Waals surface area contributed by atoms with Crippen molar-refractivity contribution in [2.24, 2.45) is 5.92 Å². The Balaban J connectivity index is 1.92. The monoisotopic (exact) mass is 312 g/mol. The molecule has 1 N–H and O–H groups in total. The first kappa shape index (κ1) is 15.0. The standard InChI is InChI=1S/C14H14Cl2N2O2/c1-14(8-17,9-5-6-9)18-12(19)7-20-11-4-2-3-10(15)13(11)16/h2-4,9H,5-7H2,1H3,(H,18,19)/t14-/m0/s1. The normalized spacial score (nSPS) is 16.9. The predicted octanol–water partition coefficient (Wildman–Crippen LogP) is 3.18. The van der Waals surface area contributed by atoms with Crippen LogP contribution in [0.15, 0.2) is 18.2 Å². The molecule has 1 aliphatic carbocycles. The maximum atomic E-state index is 11.9. The zero-order valence-electron chi connectivity index (χ0n) is 11.0. The molecule has 4 nitrogen and oxygen atoms in total. The van der Waals surface area contributed by atoms with Gasteiger partial charge in [-0.1, -0.05) is 29.3 Å². The minimum Gasteiger partial charge on any atom is -0.482 e. The fourth-order valence-electron chi connectivity index (χ4n) is 1.95. The second kappa shape index (κ2) is 5.90. The summed E-state index contributed by atoms with van der Waals surface area (Å²) in [5.41, 5.74) is -0.821. The number of nitrogens with zero attached hydrogens (tertiary/aromatic N) is 1. The second-order valence-corrected chi connectivity index (χ2v) is 5.76. The lowest BCUT2D eigenvalue weighted by molar-refractivity contribution is -0.124. The zero-order valence-corrected chi connectivity index (χ0v) is 12.5. The van der Waals surface area contributed by atoms with Crippen molar-refractivity contribution in [2.45, 2.75) is 25.3 Å². The Labute approximate surface area is 127 Å². The summed E-state index contributed by atoms with van der Waals surface area (Å²) in [5.74, 6) is 0.225. The van der Waals surface area contributed by atoms with Gasteiger partial charge in [-0.2, -0.15) is 5.26 Å². The van der Waals surface area contributed by atoms with Gasteiger partial charge >= 0.3 is 0 Å². The van der Waals surface area contributed by atoms with Crippen LogP contribution in [0, 0.1) is 17.2 Å². The van der Waals surface area contributed by atoms with Crippen LogP contribution < -0.4 is 10.1 Å². The van der Waals surface area contributed by atoms with Crippen molar-refractivity contribution in [2.75, 3.05) is 6.61 Å². The van der Waals surface area contributed by atoms with E-state index in [2.05, 4.69) is 11.4 Å². The van der Waals surface area contributed by atoms with E-state index in [-0.39, 0.29) is 23.5 Å². The van der Waals surface area contributed by atoms with Crippen LogP contribution in [0.4, 0.5) is 0 Å². The van der Waals surface area contributed by atoms with Crippen molar-refractivity contribution in [1.29, 1.82) is 5.26 Å². The summed E-state index contributed by atoms with van der Waals surface area (Å²) in [4.78, 5) is 11.9. The average Bonchev–Trinajstić information content (AvgIpc) is 3.25. The molecule has 0 unspecified atom stereocenters. The van der Waals surface area contributed by atoms with Gasteiger partial charge in [0.2, 0.25) is 0 Å². The topological polar surface area (TPSA) is 62.1 Å². The molecule has 1 saturated carbocycles. The molecule has 0 bridgehead atoms. The number of hydrogen-bond donors (Lipinski definition) is 1. The molecule has 1 aromatic rings. The Kier molecular flexibility index (Phi) is 4.42. The maximum Gasteiger partial charge on any atom is 0.259 e. The Morgan fingerprint density at radius 3 is 2.85 bits per heavy atom. The largest absolute Gasteiger partial charge is 0.482 e. The number of halogens is 2. The van der Waals surface area contributed by atoms with E-state index in [0.29, 0.717) is 10.8 Å². The molecular weight excluding hydrogens is 299 g/mol. The van der Waals surface area contributed by atoms with Crippen LogP contribution in [0.25, 0.3) is 0 Å². The van der Waals surface area contributed by atoms with Crippen molar-refractivity contribution in [3.8, 4) is 11.8 Å². The van der Waals surface area contributed by atoms with Crippen LogP contribution in [-0.4, -0.2) is 18.1 Å². The lowest BCUT2D eigenvalue weighted by Gasteiger charge is -2.22. The van der Waals surface area contributed by atoms with Crippen LogP contribution in [0.1, 0.15) is 19.8 Å². The highest BCUT2D eigenvalue weighted by atomic mass is 35.5. The van der Waals surface area contributed by atoms with Gasteiger partial charge in [0.05, 0.1) is 11.1 Å². The lowest BCUT2D eigenvalue weighted by Crippen LogP contribution is -2.48. The van der Waals surface area contributed by atoms with Gasteiger partial charge in [0.25, 0.3) is 5.91 Å². The summed E-state index contributed by atoms with van der Waals surface area (Å²) in [6.07, 6.45) is 1.93. The Morgan fingerprint density at radius 2 is 2.25 bits per heavy atom. The van der Waals surface area contributed by atoms with Gasteiger partial charge in [-0.25, -0.2) is 0 Å². The number of nitriles is 1. The first-order valence-electron chi connectivity index (χ1n) is 6.25. The minimum atomic E-state index is -0.821. The molecule has 0 spiro atoms. The summed E-state index contributed by atoms with van der Waals surface area (Å²) in [6.45, 7) is 1.53. The van der Waals surface area contributed by atoms with E-state index in [1.165, 1.54) is 0 Å². The van der Waals surface area contributed by atoms with Crippen molar-refractivity contribution < 1.29 is 9.53 Å². The summed E-state index contributed by atoms with van der Waals surface area (Å²) in [7, 11) is 0.